The van der Waals surface area contributed by atoms with Crippen LogP contribution in [0.25, 0.3) is 0 Å². The van der Waals surface area contributed by atoms with Crippen molar-refractivity contribution >= 4 is 11.6 Å². The van der Waals surface area contributed by atoms with Crippen LogP contribution in [0, 0.1) is 10.1 Å². The Morgan fingerprint density at radius 2 is 1.62 bits per heavy atom. The minimum Gasteiger partial charge on any atom is -0.369 e. The highest BCUT2D eigenvalue weighted by Crippen LogP contribution is 2.36. The maximum atomic E-state index is 12.2. The molecule has 0 aliphatic carbocycles. The van der Waals surface area contributed by atoms with Crippen LogP contribution in [-0.2, 0) is 10.2 Å². The van der Waals surface area contributed by atoms with Gasteiger partial charge in [-0.25, -0.2) is 0 Å². The van der Waals surface area contributed by atoms with Gasteiger partial charge in [0.15, 0.2) is 0 Å². The molecule has 2 aromatic rings. The van der Waals surface area contributed by atoms with E-state index in [-0.39, 0.29) is 5.69 Å². The van der Waals surface area contributed by atoms with Crippen molar-refractivity contribution in [1.29, 1.82) is 0 Å². The Bertz CT molecular complexity index is 653. The van der Waals surface area contributed by atoms with Crippen LogP contribution < -0.4 is 5.73 Å². The third kappa shape index (κ3) is 2.50. The highest BCUT2D eigenvalue weighted by molar-refractivity contribution is 5.90. The Morgan fingerprint density at radius 1 is 1.10 bits per heavy atom. The molecule has 21 heavy (non-hydrogen) atoms. The summed E-state index contributed by atoms with van der Waals surface area (Å²) in [5, 5.41) is 10.7. The molecule has 0 saturated carbocycles. The minimum atomic E-state index is -0.976. The van der Waals surface area contributed by atoms with Crippen LogP contribution in [0.15, 0.2) is 54.6 Å². The van der Waals surface area contributed by atoms with Crippen LogP contribution in [0.1, 0.15) is 24.5 Å². The number of nitrogens with two attached hydrogens (primary N) is 1. The summed E-state index contributed by atoms with van der Waals surface area (Å²) in [6.45, 7) is 1.87. The second-order valence-electron chi connectivity index (χ2n) is 4.79. The molecule has 0 unspecified atom stereocenters. The summed E-state index contributed by atoms with van der Waals surface area (Å²) in [7, 11) is 0. The molecule has 0 bridgehead atoms. The Hall–Kier alpha value is -2.69. The van der Waals surface area contributed by atoms with E-state index in [9.17, 15) is 14.9 Å². The topological polar surface area (TPSA) is 86.2 Å². The van der Waals surface area contributed by atoms with Gasteiger partial charge in [0.1, 0.15) is 0 Å². The van der Waals surface area contributed by atoms with Crippen molar-refractivity contribution in [2.24, 2.45) is 5.73 Å². The van der Waals surface area contributed by atoms with Crippen molar-refractivity contribution in [3.63, 3.8) is 0 Å². The van der Waals surface area contributed by atoms with Crippen molar-refractivity contribution in [1.82, 2.24) is 0 Å². The van der Waals surface area contributed by atoms with Crippen molar-refractivity contribution in [2.75, 3.05) is 0 Å². The quantitative estimate of drug-likeness (QED) is 0.676. The normalized spacial score (nSPS) is 13.4. The van der Waals surface area contributed by atoms with E-state index < -0.39 is 16.2 Å². The second kappa shape index (κ2) is 5.75. The van der Waals surface area contributed by atoms with Gasteiger partial charge < -0.3 is 5.73 Å². The van der Waals surface area contributed by atoms with Gasteiger partial charge in [0.05, 0.1) is 10.3 Å². The summed E-state index contributed by atoms with van der Waals surface area (Å²) in [5.41, 5.74) is 6.13. The fraction of sp³-hybridized carbons (Fsp3) is 0.188. The lowest BCUT2D eigenvalue weighted by Gasteiger charge is -2.30. The number of amides is 1. The molecule has 0 aliphatic heterocycles. The SMILES string of the molecule is CC[C@](C(N)=O)(c1ccccc1)c1ccc([N+](=O)[O-])cc1. The fourth-order valence-corrected chi connectivity index (χ4v) is 2.62. The van der Waals surface area contributed by atoms with Crippen molar-refractivity contribution in [3.05, 3.63) is 75.8 Å². The van der Waals surface area contributed by atoms with E-state index in [0.29, 0.717) is 12.0 Å². The maximum Gasteiger partial charge on any atom is 0.269 e. The van der Waals surface area contributed by atoms with E-state index in [1.165, 1.54) is 12.1 Å². The average molecular weight is 284 g/mol. The number of nitro groups is 1. The van der Waals surface area contributed by atoms with E-state index in [1.54, 1.807) is 12.1 Å². The molecule has 0 fully saturated rings. The monoisotopic (exact) mass is 284 g/mol. The smallest absolute Gasteiger partial charge is 0.269 e. The van der Waals surface area contributed by atoms with Gasteiger partial charge in [-0.3, -0.25) is 14.9 Å². The molecule has 5 heteroatoms. The Morgan fingerprint density at radius 3 is 2.05 bits per heavy atom. The first-order valence-corrected chi connectivity index (χ1v) is 6.62. The number of nitro benzene ring substituents is 1. The lowest BCUT2D eigenvalue weighted by Crippen LogP contribution is -2.41. The first-order valence-electron chi connectivity index (χ1n) is 6.62. The van der Waals surface area contributed by atoms with Crippen LogP contribution >= 0.6 is 0 Å². The predicted molar refractivity (Wildman–Crippen MR) is 79.8 cm³/mol. The van der Waals surface area contributed by atoms with Crippen LogP contribution in [0.3, 0.4) is 0 Å². The number of hydrogen-bond donors (Lipinski definition) is 1. The zero-order valence-electron chi connectivity index (χ0n) is 11.7. The molecule has 5 nitrogen and oxygen atoms in total. The van der Waals surface area contributed by atoms with Gasteiger partial charge in [-0.1, -0.05) is 49.4 Å². The molecule has 0 radical (unpaired) electrons. The molecule has 1 amide bonds. The molecule has 2 N–H and O–H groups in total. The highest BCUT2D eigenvalue weighted by atomic mass is 16.6. The maximum absolute atomic E-state index is 12.2. The lowest BCUT2D eigenvalue weighted by atomic mass is 9.72. The third-order valence-corrected chi connectivity index (χ3v) is 3.79. The summed E-state index contributed by atoms with van der Waals surface area (Å²) in [5.74, 6) is -0.468. The summed E-state index contributed by atoms with van der Waals surface area (Å²) in [4.78, 5) is 22.4. The molecular formula is C16H16N2O3. The fourth-order valence-electron chi connectivity index (χ4n) is 2.62. The van der Waals surface area contributed by atoms with Gasteiger partial charge in [0.2, 0.25) is 5.91 Å². The van der Waals surface area contributed by atoms with Crippen LogP contribution in [-0.4, -0.2) is 10.8 Å². The number of non-ortho nitro benzene ring substituents is 1. The number of hydrogen-bond acceptors (Lipinski definition) is 3. The van der Waals surface area contributed by atoms with Crippen LogP contribution in [0.2, 0.25) is 0 Å². The van der Waals surface area contributed by atoms with Gasteiger partial charge in [0.25, 0.3) is 5.69 Å². The molecule has 0 saturated heterocycles. The number of carbonyl (C=O) groups is 1. The zero-order valence-corrected chi connectivity index (χ0v) is 11.7. The van der Waals surface area contributed by atoms with Gasteiger partial charge >= 0.3 is 0 Å². The Balaban J connectivity index is 2.60. The molecular weight excluding hydrogens is 268 g/mol. The second-order valence-corrected chi connectivity index (χ2v) is 4.79. The van der Waals surface area contributed by atoms with Crippen molar-refractivity contribution in [2.45, 2.75) is 18.8 Å². The minimum absolute atomic E-state index is 0.0127. The zero-order chi connectivity index (χ0) is 15.5. The van der Waals surface area contributed by atoms with E-state index >= 15 is 0 Å². The molecule has 1 atom stereocenters. The predicted octanol–water partition coefficient (Wildman–Crippen LogP) is 2.78. The summed E-state index contributed by atoms with van der Waals surface area (Å²) in [6.07, 6.45) is 0.476. The van der Waals surface area contributed by atoms with E-state index in [0.717, 1.165) is 5.56 Å². The van der Waals surface area contributed by atoms with Crippen molar-refractivity contribution in [3.8, 4) is 0 Å². The summed E-state index contributed by atoms with van der Waals surface area (Å²) in [6, 6.07) is 15.2. The van der Waals surface area contributed by atoms with E-state index in [1.807, 2.05) is 37.3 Å². The van der Waals surface area contributed by atoms with Gasteiger partial charge in [-0.2, -0.15) is 0 Å². The molecule has 108 valence electrons. The number of primary amides is 1. The standard InChI is InChI=1S/C16H16N2O3/c1-2-16(15(17)19,12-6-4-3-5-7-12)13-8-10-14(11-9-13)18(20)21/h3-11H,2H2,1H3,(H2,17,19)/t16-/m0/s1. The molecule has 0 heterocycles. The van der Waals surface area contributed by atoms with Crippen LogP contribution in [0.4, 0.5) is 5.69 Å². The van der Waals surface area contributed by atoms with Gasteiger partial charge in [-0.15, -0.1) is 0 Å². The highest BCUT2D eigenvalue weighted by Gasteiger charge is 2.38. The number of rotatable bonds is 5. The largest absolute Gasteiger partial charge is 0.369 e. The number of nitrogens with zero attached hydrogens (tertiary/aromatic N) is 1. The molecule has 2 rings (SSSR count). The third-order valence-electron chi connectivity index (χ3n) is 3.79. The van der Waals surface area contributed by atoms with Gasteiger partial charge in [0, 0.05) is 12.1 Å². The molecule has 0 aromatic heterocycles. The Kier molecular flexibility index (Phi) is 4.03. The van der Waals surface area contributed by atoms with E-state index in [2.05, 4.69) is 0 Å². The summed E-state index contributed by atoms with van der Waals surface area (Å²) >= 11 is 0. The number of benzene rings is 2. The molecule has 2 aromatic carbocycles. The van der Waals surface area contributed by atoms with Crippen molar-refractivity contribution < 1.29 is 9.72 Å². The van der Waals surface area contributed by atoms with Gasteiger partial charge in [-0.05, 0) is 17.5 Å². The van der Waals surface area contributed by atoms with Crippen LogP contribution in [0.5, 0.6) is 0 Å². The molecule has 0 spiro atoms. The van der Waals surface area contributed by atoms with E-state index in [4.69, 9.17) is 5.73 Å². The number of carbonyl (C=O) groups excluding carboxylic acids is 1. The molecule has 0 aliphatic rings. The first-order chi connectivity index (χ1) is 10.0. The first kappa shape index (κ1) is 14.7. The summed E-state index contributed by atoms with van der Waals surface area (Å²) < 4.78 is 0. The Labute approximate surface area is 122 Å². The average Bonchev–Trinajstić information content (AvgIpc) is 2.50. The lowest BCUT2D eigenvalue weighted by molar-refractivity contribution is -0.384.